The predicted octanol–water partition coefficient (Wildman–Crippen LogP) is 4.23. The Labute approximate surface area is 138 Å². The maximum absolute atomic E-state index is 12.3. The molecule has 2 aliphatic rings. The van der Waals surface area contributed by atoms with Crippen LogP contribution in [0.1, 0.15) is 45.3 Å². The molecule has 2 aromatic heterocycles. The lowest BCUT2D eigenvalue weighted by Crippen LogP contribution is -2.20. The quantitative estimate of drug-likeness (QED) is 0.831. The van der Waals surface area contributed by atoms with Gasteiger partial charge in [0.2, 0.25) is 0 Å². The van der Waals surface area contributed by atoms with E-state index < -0.39 is 0 Å². The highest BCUT2D eigenvalue weighted by Gasteiger charge is 2.40. The van der Waals surface area contributed by atoms with Crippen molar-refractivity contribution in [2.24, 2.45) is 5.92 Å². The van der Waals surface area contributed by atoms with Crippen molar-refractivity contribution in [1.29, 1.82) is 0 Å². The Morgan fingerprint density at radius 2 is 2.23 bits per heavy atom. The second kappa shape index (κ2) is 5.80. The van der Waals surface area contributed by atoms with E-state index in [4.69, 9.17) is 0 Å². The SMILES string of the molecule is Cc1ccc(NC(=O)c2csc(C3CC3NCC3CC3)c2)s1. The number of aryl methyl sites for hydroxylation is 1. The minimum atomic E-state index is 0.00693. The molecule has 0 aromatic carbocycles. The van der Waals surface area contributed by atoms with E-state index in [0.717, 1.165) is 16.5 Å². The van der Waals surface area contributed by atoms with Crippen LogP contribution in [0.25, 0.3) is 0 Å². The number of hydrogen-bond donors (Lipinski definition) is 2. The van der Waals surface area contributed by atoms with Gasteiger partial charge in [0.15, 0.2) is 0 Å². The number of thiophene rings is 2. The van der Waals surface area contributed by atoms with E-state index in [-0.39, 0.29) is 5.91 Å². The molecular weight excluding hydrogens is 312 g/mol. The monoisotopic (exact) mass is 332 g/mol. The number of hydrogen-bond acceptors (Lipinski definition) is 4. The van der Waals surface area contributed by atoms with Crippen LogP contribution >= 0.6 is 22.7 Å². The fourth-order valence-corrected chi connectivity index (χ4v) is 4.56. The third kappa shape index (κ3) is 3.26. The van der Waals surface area contributed by atoms with E-state index in [1.54, 1.807) is 22.7 Å². The highest BCUT2D eigenvalue weighted by atomic mass is 32.1. The van der Waals surface area contributed by atoms with Crippen molar-refractivity contribution in [3.05, 3.63) is 38.9 Å². The standard InChI is InChI=1S/C17H20N2OS2/c1-10-2-5-16(22-10)19-17(20)12-6-15(21-9-12)13-7-14(13)18-8-11-3-4-11/h2,5-6,9,11,13-14,18H,3-4,7-8H2,1H3,(H,19,20). The Bertz CT molecular complexity index is 686. The molecule has 2 aromatic rings. The Kier molecular flexibility index (Phi) is 3.80. The molecule has 2 heterocycles. The Morgan fingerprint density at radius 3 is 2.95 bits per heavy atom. The van der Waals surface area contributed by atoms with E-state index in [2.05, 4.69) is 16.7 Å². The van der Waals surface area contributed by atoms with Gasteiger partial charge in [-0.2, -0.15) is 0 Å². The molecule has 116 valence electrons. The number of carbonyl (C=O) groups is 1. The Morgan fingerprint density at radius 1 is 1.36 bits per heavy atom. The maximum Gasteiger partial charge on any atom is 0.257 e. The first-order valence-electron chi connectivity index (χ1n) is 7.88. The second-order valence-electron chi connectivity index (χ2n) is 6.40. The normalized spacial score (nSPS) is 23.5. The average molecular weight is 332 g/mol. The molecule has 22 heavy (non-hydrogen) atoms. The van der Waals surface area contributed by atoms with Crippen molar-refractivity contribution in [1.82, 2.24) is 5.32 Å². The van der Waals surface area contributed by atoms with Gasteiger partial charge in [-0.3, -0.25) is 4.79 Å². The van der Waals surface area contributed by atoms with E-state index in [9.17, 15) is 4.79 Å². The van der Waals surface area contributed by atoms with Gasteiger partial charge < -0.3 is 10.6 Å². The highest BCUT2D eigenvalue weighted by Crippen LogP contribution is 2.44. The van der Waals surface area contributed by atoms with Crippen molar-refractivity contribution in [3.63, 3.8) is 0 Å². The van der Waals surface area contributed by atoms with Crippen LogP contribution in [0, 0.1) is 12.8 Å². The summed E-state index contributed by atoms with van der Waals surface area (Å²) in [6.07, 6.45) is 4.02. The zero-order valence-electron chi connectivity index (χ0n) is 12.6. The summed E-state index contributed by atoms with van der Waals surface area (Å²) in [7, 11) is 0. The van der Waals surface area contributed by atoms with Crippen molar-refractivity contribution >= 4 is 33.6 Å². The molecule has 0 radical (unpaired) electrons. The Hall–Kier alpha value is -1.17. The number of rotatable bonds is 6. The topological polar surface area (TPSA) is 41.1 Å². The molecule has 1 amide bonds. The van der Waals surface area contributed by atoms with Gasteiger partial charge in [-0.05, 0) is 56.8 Å². The van der Waals surface area contributed by atoms with Crippen LogP contribution in [-0.4, -0.2) is 18.5 Å². The van der Waals surface area contributed by atoms with Gasteiger partial charge in [0, 0.05) is 27.1 Å². The molecule has 0 bridgehead atoms. The van der Waals surface area contributed by atoms with Crippen LogP contribution in [0.5, 0.6) is 0 Å². The molecule has 0 aliphatic heterocycles. The zero-order chi connectivity index (χ0) is 15.1. The number of carbonyl (C=O) groups excluding carboxylic acids is 1. The van der Waals surface area contributed by atoms with Gasteiger partial charge in [0.25, 0.3) is 5.91 Å². The van der Waals surface area contributed by atoms with E-state index in [0.29, 0.717) is 12.0 Å². The molecule has 2 atom stereocenters. The molecule has 2 saturated carbocycles. The minimum Gasteiger partial charge on any atom is -0.314 e. The lowest BCUT2D eigenvalue weighted by Gasteiger charge is -2.01. The molecule has 2 aliphatic carbocycles. The first kappa shape index (κ1) is 14.4. The molecule has 4 rings (SSSR count). The summed E-state index contributed by atoms with van der Waals surface area (Å²) in [6.45, 7) is 3.22. The number of anilines is 1. The van der Waals surface area contributed by atoms with Crippen LogP contribution in [0.15, 0.2) is 23.6 Å². The van der Waals surface area contributed by atoms with Crippen LogP contribution in [-0.2, 0) is 0 Å². The van der Waals surface area contributed by atoms with Gasteiger partial charge in [0.05, 0.1) is 10.6 Å². The molecule has 5 heteroatoms. The smallest absolute Gasteiger partial charge is 0.257 e. The minimum absolute atomic E-state index is 0.00693. The first-order chi connectivity index (χ1) is 10.7. The Balaban J connectivity index is 1.34. The highest BCUT2D eigenvalue weighted by molar-refractivity contribution is 7.16. The van der Waals surface area contributed by atoms with Crippen molar-refractivity contribution in [2.45, 2.75) is 38.1 Å². The molecule has 2 fully saturated rings. The van der Waals surface area contributed by atoms with Gasteiger partial charge in [-0.25, -0.2) is 0 Å². The largest absolute Gasteiger partial charge is 0.314 e. The predicted molar refractivity (Wildman–Crippen MR) is 93.2 cm³/mol. The fourth-order valence-electron chi connectivity index (χ4n) is 2.73. The lowest BCUT2D eigenvalue weighted by atomic mass is 10.2. The van der Waals surface area contributed by atoms with Crippen LogP contribution < -0.4 is 10.6 Å². The third-order valence-corrected chi connectivity index (χ3v) is 6.36. The molecule has 2 N–H and O–H groups in total. The summed E-state index contributed by atoms with van der Waals surface area (Å²) in [4.78, 5) is 14.8. The molecule has 0 spiro atoms. The first-order valence-corrected chi connectivity index (χ1v) is 9.58. The van der Waals surface area contributed by atoms with Crippen LogP contribution in [0.2, 0.25) is 0 Å². The van der Waals surface area contributed by atoms with E-state index >= 15 is 0 Å². The third-order valence-electron chi connectivity index (χ3n) is 4.38. The lowest BCUT2D eigenvalue weighted by molar-refractivity contribution is 0.102. The molecule has 0 saturated heterocycles. The zero-order valence-corrected chi connectivity index (χ0v) is 14.2. The van der Waals surface area contributed by atoms with Crippen LogP contribution in [0.4, 0.5) is 5.00 Å². The van der Waals surface area contributed by atoms with Crippen molar-refractivity contribution < 1.29 is 4.79 Å². The maximum atomic E-state index is 12.3. The average Bonchev–Trinajstić information content (AvgIpc) is 3.38. The van der Waals surface area contributed by atoms with Gasteiger partial charge in [-0.15, -0.1) is 22.7 Å². The van der Waals surface area contributed by atoms with E-state index in [1.807, 2.05) is 24.4 Å². The molecular formula is C17H20N2OS2. The van der Waals surface area contributed by atoms with Crippen molar-refractivity contribution in [3.8, 4) is 0 Å². The number of nitrogens with one attached hydrogen (secondary N) is 2. The van der Waals surface area contributed by atoms with Crippen LogP contribution in [0.3, 0.4) is 0 Å². The van der Waals surface area contributed by atoms with Gasteiger partial charge in [-0.1, -0.05) is 0 Å². The second-order valence-corrected chi connectivity index (χ2v) is 8.63. The molecule has 2 unspecified atom stereocenters. The summed E-state index contributed by atoms with van der Waals surface area (Å²) >= 11 is 3.33. The fraction of sp³-hybridized carbons (Fsp3) is 0.471. The summed E-state index contributed by atoms with van der Waals surface area (Å²) in [5.41, 5.74) is 0.791. The van der Waals surface area contributed by atoms with Crippen molar-refractivity contribution in [2.75, 3.05) is 11.9 Å². The number of amides is 1. The summed E-state index contributed by atoms with van der Waals surface area (Å²) < 4.78 is 0. The summed E-state index contributed by atoms with van der Waals surface area (Å²) in [6, 6.07) is 6.70. The summed E-state index contributed by atoms with van der Waals surface area (Å²) in [5.74, 6) is 1.56. The summed E-state index contributed by atoms with van der Waals surface area (Å²) in [5, 5.41) is 9.55. The van der Waals surface area contributed by atoms with Gasteiger partial charge in [0.1, 0.15) is 0 Å². The van der Waals surface area contributed by atoms with Gasteiger partial charge >= 0.3 is 0 Å². The van der Waals surface area contributed by atoms with E-state index in [1.165, 1.54) is 35.6 Å². The molecule has 3 nitrogen and oxygen atoms in total.